The van der Waals surface area contributed by atoms with E-state index in [4.69, 9.17) is 16.0 Å². The molecule has 1 aliphatic heterocycles. The highest BCUT2D eigenvalue weighted by Gasteiger charge is 2.35. The molecule has 4 rings (SSSR count). The third kappa shape index (κ3) is 4.22. The molecule has 1 aliphatic rings. The third-order valence-electron chi connectivity index (χ3n) is 5.27. The van der Waals surface area contributed by atoms with Crippen LogP contribution in [0.25, 0.3) is 0 Å². The molecule has 1 fully saturated rings. The summed E-state index contributed by atoms with van der Waals surface area (Å²) in [5.41, 5.74) is 2.39. The molecule has 0 saturated carbocycles. The standard InChI is InChI=1S/C22H25ClN4O2/c1-22(2,3)19-12-17(25-26-19)21(28)27-10-4-5-18(27)20-24-13-16(29-20)11-14-6-8-15(23)9-7-14/h6-9,12-13,18H,4-5,10-11H2,1-3H3,(H,25,26)/t18-/m1/s1. The van der Waals surface area contributed by atoms with Crippen LogP contribution < -0.4 is 0 Å². The quantitative estimate of drug-likeness (QED) is 0.660. The van der Waals surface area contributed by atoms with Gasteiger partial charge >= 0.3 is 0 Å². The number of nitrogens with zero attached hydrogens (tertiary/aromatic N) is 3. The summed E-state index contributed by atoms with van der Waals surface area (Å²) in [6.45, 7) is 6.93. The molecular weight excluding hydrogens is 388 g/mol. The zero-order valence-electron chi connectivity index (χ0n) is 16.9. The number of nitrogens with one attached hydrogen (secondary N) is 1. The second-order valence-corrected chi connectivity index (χ2v) is 8.98. The van der Waals surface area contributed by atoms with Gasteiger partial charge in [0.15, 0.2) is 0 Å². The van der Waals surface area contributed by atoms with Gasteiger partial charge in [-0.1, -0.05) is 44.5 Å². The number of benzene rings is 1. The van der Waals surface area contributed by atoms with Gasteiger partial charge in [0.05, 0.1) is 6.20 Å². The summed E-state index contributed by atoms with van der Waals surface area (Å²) in [4.78, 5) is 19.3. The molecule has 1 aromatic carbocycles. The lowest BCUT2D eigenvalue weighted by atomic mass is 9.92. The fraction of sp³-hybridized carbons (Fsp3) is 0.409. The normalized spacial score (nSPS) is 17.1. The third-order valence-corrected chi connectivity index (χ3v) is 5.52. The summed E-state index contributed by atoms with van der Waals surface area (Å²) in [5, 5.41) is 7.95. The van der Waals surface area contributed by atoms with Gasteiger partial charge in [0.1, 0.15) is 17.5 Å². The largest absolute Gasteiger partial charge is 0.443 e. The molecule has 29 heavy (non-hydrogen) atoms. The first-order chi connectivity index (χ1) is 13.8. The lowest BCUT2D eigenvalue weighted by molar-refractivity contribution is 0.0708. The topological polar surface area (TPSA) is 75.0 Å². The molecule has 0 unspecified atom stereocenters. The van der Waals surface area contributed by atoms with E-state index in [0.717, 1.165) is 29.9 Å². The van der Waals surface area contributed by atoms with Crippen LogP contribution in [0.4, 0.5) is 0 Å². The minimum absolute atomic E-state index is 0.0864. The highest BCUT2D eigenvalue weighted by Crippen LogP contribution is 2.33. The SMILES string of the molecule is CC(C)(C)c1cc(C(=O)N2CCC[C@@H]2c2ncc(Cc3ccc(Cl)cc3)o2)n[nH]1. The van der Waals surface area contributed by atoms with E-state index in [-0.39, 0.29) is 17.4 Å². The van der Waals surface area contributed by atoms with Crippen molar-refractivity contribution >= 4 is 17.5 Å². The van der Waals surface area contributed by atoms with E-state index < -0.39 is 0 Å². The van der Waals surface area contributed by atoms with Crippen LogP contribution >= 0.6 is 11.6 Å². The summed E-state index contributed by atoms with van der Waals surface area (Å²) in [6.07, 6.45) is 4.14. The maximum Gasteiger partial charge on any atom is 0.275 e. The van der Waals surface area contributed by atoms with Gasteiger partial charge in [0, 0.05) is 29.1 Å². The Labute approximate surface area is 175 Å². The molecule has 2 aromatic heterocycles. The van der Waals surface area contributed by atoms with Crippen molar-refractivity contribution in [3.05, 3.63) is 70.2 Å². The fourth-order valence-corrected chi connectivity index (χ4v) is 3.72. The van der Waals surface area contributed by atoms with Crippen LogP contribution in [-0.2, 0) is 11.8 Å². The van der Waals surface area contributed by atoms with E-state index in [1.165, 1.54) is 0 Å². The van der Waals surface area contributed by atoms with Gasteiger partial charge in [-0.05, 0) is 36.6 Å². The van der Waals surface area contributed by atoms with E-state index in [1.807, 2.05) is 35.2 Å². The highest BCUT2D eigenvalue weighted by molar-refractivity contribution is 6.30. The van der Waals surface area contributed by atoms with Crippen molar-refractivity contribution in [2.45, 2.75) is 51.5 Å². The van der Waals surface area contributed by atoms with Crippen LogP contribution in [0.15, 0.2) is 40.9 Å². The Kier molecular flexibility index (Phi) is 5.21. The molecular formula is C22H25ClN4O2. The molecule has 0 aliphatic carbocycles. The van der Waals surface area contributed by atoms with Crippen molar-refractivity contribution in [2.75, 3.05) is 6.54 Å². The first-order valence-electron chi connectivity index (χ1n) is 9.87. The number of aromatic amines is 1. The molecule has 1 atom stereocenters. The Morgan fingerprint density at radius 3 is 2.76 bits per heavy atom. The number of aromatic nitrogens is 3. The number of halogens is 1. The van der Waals surface area contributed by atoms with Crippen molar-refractivity contribution in [2.24, 2.45) is 0 Å². The first kappa shape index (κ1) is 19.7. The van der Waals surface area contributed by atoms with Crippen molar-refractivity contribution < 1.29 is 9.21 Å². The van der Waals surface area contributed by atoms with Gasteiger partial charge in [-0.3, -0.25) is 9.89 Å². The van der Waals surface area contributed by atoms with E-state index in [1.54, 1.807) is 6.20 Å². The molecule has 0 spiro atoms. The monoisotopic (exact) mass is 412 g/mol. The van der Waals surface area contributed by atoms with Crippen molar-refractivity contribution in [1.82, 2.24) is 20.1 Å². The lowest BCUT2D eigenvalue weighted by Crippen LogP contribution is -2.31. The van der Waals surface area contributed by atoms with Crippen LogP contribution in [0.2, 0.25) is 5.02 Å². The van der Waals surface area contributed by atoms with Gasteiger partial charge < -0.3 is 9.32 Å². The van der Waals surface area contributed by atoms with Crippen LogP contribution in [0.3, 0.4) is 0 Å². The summed E-state index contributed by atoms with van der Waals surface area (Å²) >= 11 is 5.95. The van der Waals surface area contributed by atoms with Gasteiger partial charge in [0.25, 0.3) is 5.91 Å². The number of amides is 1. The molecule has 3 heterocycles. The number of H-pyrrole nitrogens is 1. The molecule has 0 bridgehead atoms. The van der Waals surface area contributed by atoms with Crippen molar-refractivity contribution in [1.29, 1.82) is 0 Å². The minimum atomic E-state index is -0.156. The second-order valence-electron chi connectivity index (χ2n) is 8.54. The number of carbonyl (C=O) groups is 1. The molecule has 1 amide bonds. The second kappa shape index (κ2) is 7.67. The number of hydrogen-bond donors (Lipinski definition) is 1. The number of hydrogen-bond acceptors (Lipinski definition) is 4. The summed E-state index contributed by atoms with van der Waals surface area (Å²) in [6, 6.07) is 9.36. The predicted molar refractivity (Wildman–Crippen MR) is 111 cm³/mol. The molecule has 7 heteroatoms. The van der Waals surface area contributed by atoms with E-state index >= 15 is 0 Å². The van der Waals surface area contributed by atoms with Crippen LogP contribution in [0, 0.1) is 0 Å². The Bertz CT molecular complexity index is 1000. The van der Waals surface area contributed by atoms with E-state index in [9.17, 15) is 4.79 Å². The maximum atomic E-state index is 13.1. The molecule has 0 radical (unpaired) electrons. The number of likely N-dealkylation sites (tertiary alicyclic amines) is 1. The zero-order chi connectivity index (χ0) is 20.6. The lowest BCUT2D eigenvalue weighted by Gasteiger charge is -2.21. The molecule has 6 nitrogen and oxygen atoms in total. The summed E-state index contributed by atoms with van der Waals surface area (Å²) in [5.74, 6) is 1.28. The summed E-state index contributed by atoms with van der Waals surface area (Å²) in [7, 11) is 0. The Balaban J connectivity index is 1.50. The van der Waals surface area contributed by atoms with Gasteiger partial charge in [-0.15, -0.1) is 0 Å². The van der Waals surface area contributed by atoms with E-state index in [0.29, 0.717) is 29.6 Å². The average Bonchev–Trinajstić information content (AvgIpc) is 3.42. The Hall–Kier alpha value is -2.60. The maximum absolute atomic E-state index is 13.1. The van der Waals surface area contributed by atoms with Crippen molar-refractivity contribution in [3.63, 3.8) is 0 Å². The predicted octanol–water partition coefficient (Wildman–Crippen LogP) is 4.92. The Morgan fingerprint density at radius 1 is 1.31 bits per heavy atom. The smallest absolute Gasteiger partial charge is 0.275 e. The highest BCUT2D eigenvalue weighted by atomic mass is 35.5. The average molecular weight is 413 g/mol. The van der Waals surface area contributed by atoms with E-state index in [2.05, 4.69) is 36.0 Å². The molecule has 3 aromatic rings. The molecule has 152 valence electrons. The van der Waals surface area contributed by atoms with Crippen LogP contribution in [0.5, 0.6) is 0 Å². The van der Waals surface area contributed by atoms with Crippen LogP contribution in [0.1, 0.15) is 73.1 Å². The zero-order valence-corrected chi connectivity index (χ0v) is 17.7. The van der Waals surface area contributed by atoms with Gasteiger partial charge in [0.2, 0.25) is 5.89 Å². The number of rotatable bonds is 4. The Morgan fingerprint density at radius 2 is 2.07 bits per heavy atom. The van der Waals surface area contributed by atoms with Gasteiger partial charge in [-0.25, -0.2) is 4.98 Å². The molecule has 1 N–H and O–H groups in total. The van der Waals surface area contributed by atoms with Crippen LogP contribution in [-0.4, -0.2) is 32.5 Å². The van der Waals surface area contributed by atoms with Gasteiger partial charge in [-0.2, -0.15) is 5.10 Å². The number of carbonyl (C=O) groups excluding carboxylic acids is 1. The molecule has 1 saturated heterocycles. The number of oxazole rings is 1. The van der Waals surface area contributed by atoms with Crippen molar-refractivity contribution in [3.8, 4) is 0 Å². The summed E-state index contributed by atoms with van der Waals surface area (Å²) < 4.78 is 6.01. The fourth-order valence-electron chi connectivity index (χ4n) is 3.59. The first-order valence-corrected chi connectivity index (χ1v) is 10.2. The minimum Gasteiger partial charge on any atom is -0.443 e.